The summed E-state index contributed by atoms with van der Waals surface area (Å²) in [7, 11) is 1.28. The molecule has 0 amide bonds. The van der Waals surface area contributed by atoms with E-state index in [2.05, 4.69) is 20.0 Å². The number of aromatic nitrogens is 2. The molecule has 0 unspecified atom stereocenters. The molecule has 1 N–H and O–H groups in total. The van der Waals surface area contributed by atoms with Crippen LogP contribution in [0.4, 0.5) is 10.2 Å². The Morgan fingerprint density at radius 2 is 2.08 bits per heavy atom. The van der Waals surface area contributed by atoms with Gasteiger partial charge in [0.1, 0.15) is 23.2 Å². The van der Waals surface area contributed by atoms with Gasteiger partial charge in [-0.15, -0.1) is 0 Å². The van der Waals surface area contributed by atoms with Crippen molar-refractivity contribution in [3.05, 3.63) is 65.7 Å². The predicted octanol–water partition coefficient (Wildman–Crippen LogP) is 3.91. The minimum absolute atomic E-state index is 0.125. The van der Waals surface area contributed by atoms with Gasteiger partial charge in [-0.1, -0.05) is 12.1 Å². The number of carbonyl (C=O) groups excluding carboxylic acids is 1. The number of furan rings is 1. The van der Waals surface area contributed by atoms with Crippen LogP contribution in [0.5, 0.6) is 0 Å². The summed E-state index contributed by atoms with van der Waals surface area (Å²) in [4.78, 5) is 20.1. The molecule has 2 aromatic carbocycles. The van der Waals surface area contributed by atoms with Crippen molar-refractivity contribution in [2.75, 3.05) is 12.4 Å². The van der Waals surface area contributed by atoms with Crippen LogP contribution < -0.4 is 5.32 Å². The third-order valence-electron chi connectivity index (χ3n) is 4.07. The first-order valence-corrected chi connectivity index (χ1v) is 7.90. The summed E-state index contributed by atoms with van der Waals surface area (Å²) >= 11 is 0. The Morgan fingerprint density at radius 3 is 2.92 bits per heavy atom. The number of ether oxygens (including phenoxy) is 1. The Labute approximate surface area is 147 Å². The number of carbonyl (C=O) groups is 1. The number of nitrogens with zero attached hydrogens (tertiary/aromatic N) is 2. The topological polar surface area (TPSA) is 77.2 Å². The Hall–Kier alpha value is -3.48. The monoisotopic (exact) mass is 351 g/mol. The maximum absolute atomic E-state index is 14.1. The van der Waals surface area contributed by atoms with E-state index in [4.69, 9.17) is 4.42 Å². The minimum Gasteiger partial charge on any atom is -0.465 e. The number of anilines is 1. The average Bonchev–Trinajstić information content (AvgIpc) is 3.06. The smallest absolute Gasteiger partial charge is 0.337 e. The van der Waals surface area contributed by atoms with Gasteiger partial charge >= 0.3 is 5.97 Å². The molecule has 4 aromatic rings. The third-order valence-corrected chi connectivity index (χ3v) is 4.07. The van der Waals surface area contributed by atoms with Crippen molar-refractivity contribution in [2.45, 2.75) is 6.54 Å². The SMILES string of the molecule is COC(=O)c1ccc(F)c(CNc2ncnc3c2oc2ccccc23)c1. The molecule has 0 fully saturated rings. The number of benzene rings is 2. The third kappa shape index (κ3) is 2.73. The van der Waals surface area contributed by atoms with Crippen LogP contribution in [-0.4, -0.2) is 23.0 Å². The summed E-state index contributed by atoms with van der Waals surface area (Å²) in [6.07, 6.45) is 1.42. The van der Waals surface area contributed by atoms with Gasteiger partial charge < -0.3 is 14.5 Å². The van der Waals surface area contributed by atoms with Crippen molar-refractivity contribution in [1.82, 2.24) is 9.97 Å². The molecule has 4 rings (SSSR count). The molecule has 130 valence electrons. The quantitative estimate of drug-likeness (QED) is 0.562. The van der Waals surface area contributed by atoms with Gasteiger partial charge in [0, 0.05) is 17.5 Å². The normalized spacial score (nSPS) is 11.0. The zero-order valence-corrected chi connectivity index (χ0v) is 13.8. The number of methoxy groups -OCH3 is 1. The van der Waals surface area contributed by atoms with Crippen LogP contribution in [0.3, 0.4) is 0 Å². The van der Waals surface area contributed by atoms with E-state index in [0.717, 1.165) is 5.39 Å². The van der Waals surface area contributed by atoms with Crippen LogP contribution in [0.1, 0.15) is 15.9 Å². The first kappa shape index (κ1) is 16.0. The lowest BCUT2D eigenvalue weighted by atomic mass is 10.1. The average molecular weight is 351 g/mol. The lowest BCUT2D eigenvalue weighted by molar-refractivity contribution is 0.0600. The van der Waals surface area contributed by atoms with Gasteiger partial charge in [0.25, 0.3) is 0 Å². The molecule has 0 bridgehead atoms. The van der Waals surface area contributed by atoms with Gasteiger partial charge in [0.05, 0.1) is 12.7 Å². The van der Waals surface area contributed by atoms with Gasteiger partial charge in [0.15, 0.2) is 11.4 Å². The fraction of sp³-hybridized carbons (Fsp3) is 0.105. The zero-order valence-electron chi connectivity index (χ0n) is 13.8. The first-order chi connectivity index (χ1) is 12.7. The van der Waals surface area contributed by atoms with Gasteiger partial charge in [-0.3, -0.25) is 0 Å². The predicted molar refractivity (Wildman–Crippen MR) is 94.4 cm³/mol. The van der Waals surface area contributed by atoms with E-state index in [-0.39, 0.29) is 12.1 Å². The maximum atomic E-state index is 14.1. The van der Waals surface area contributed by atoms with Crippen LogP contribution in [0.15, 0.2) is 53.2 Å². The molecule has 6 nitrogen and oxygen atoms in total. The number of para-hydroxylation sites is 1. The summed E-state index contributed by atoms with van der Waals surface area (Å²) in [5.74, 6) is -0.498. The molecule has 0 saturated heterocycles. The van der Waals surface area contributed by atoms with E-state index in [1.807, 2.05) is 24.3 Å². The largest absolute Gasteiger partial charge is 0.465 e. The van der Waals surface area contributed by atoms with Crippen LogP contribution >= 0.6 is 0 Å². The second-order valence-corrected chi connectivity index (χ2v) is 5.65. The molecule has 7 heteroatoms. The Kier molecular flexibility index (Phi) is 3.96. The van der Waals surface area contributed by atoms with E-state index >= 15 is 0 Å². The Bertz CT molecular complexity index is 1120. The lowest BCUT2D eigenvalue weighted by Gasteiger charge is -2.08. The van der Waals surface area contributed by atoms with Crippen molar-refractivity contribution in [2.24, 2.45) is 0 Å². The van der Waals surface area contributed by atoms with Crippen molar-refractivity contribution in [1.29, 1.82) is 0 Å². The van der Waals surface area contributed by atoms with E-state index in [1.54, 1.807) is 0 Å². The van der Waals surface area contributed by atoms with Gasteiger partial charge in [-0.2, -0.15) is 0 Å². The molecule has 0 spiro atoms. The van der Waals surface area contributed by atoms with E-state index < -0.39 is 11.8 Å². The summed E-state index contributed by atoms with van der Waals surface area (Å²) < 4.78 is 24.6. The number of esters is 1. The van der Waals surface area contributed by atoms with Crippen molar-refractivity contribution < 1.29 is 18.3 Å². The van der Waals surface area contributed by atoms with E-state index in [9.17, 15) is 9.18 Å². The van der Waals surface area contributed by atoms with Gasteiger partial charge in [-0.05, 0) is 30.3 Å². The molecular weight excluding hydrogens is 337 g/mol. The first-order valence-electron chi connectivity index (χ1n) is 7.90. The van der Waals surface area contributed by atoms with E-state index in [0.29, 0.717) is 28.1 Å². The fourth-order valence-corrected chi connectivity index (χ4v) is 2.78. The number of halogens is 1. The van der Waals surface area contributed by atoms with Crippen molar-refractivity contribution >= 4 is 33.9 Å². The van der Waals surface area contributed by atoms with Gasteiger partial charge in [0.2, 0.25) is 0 Å². The number of fused-ring (bicyclic) bond motifs is 3. The number of hydrogen-bond acceptors (Lipinski definition) is 6. The molecule has 0 radical (unpaired) electrons. The Balaban J connectivity index is 1.67. The van der Waals surface area contributed by atoms with Crippen molar-refractivity contribution in [3.63, 3.8) is 0 Å². The molecule has 0 aliphatic rings. The van der Waals surface area contributed by atoms with Crippen LogP contribution in [0.25, 0.3) is 22.1 Å². The van der Waals surface area contributed by atoms with E-state index in [1.165, 1.54) is 31.6 Å². The van der Waals surface area contributed by atoms with Crippen molar-refractivity contribution in [3.8, 4) is 0 Å². The number of nitrogens with one attached hydrogen (secondary N) is 1. The van der Waals surface area contributed by atoms with Gasteiger partial charge in [-0.25, -0.2) is 19.2 Å². The van der Waals surface area contributed by atoms with Crippen LogP contribution in [-0.2, 0) is 11.3 Å². The molecule has 0 aliphatic heterocycles. The highest BCUT2D eigenvalue weighted by atomic mass is 19.1. The molecular formula is C19H14FN3O3. The minimum atomic E-state index is -0.520. The number of hydrogen-bond donors (Lipinski definition) is 1. The second-order valence-electron chi connectivity index (χ2n) is 5.65. The molecule has 2 heterocycles. The molecule has 2 aromatic heterocycles. The standard InChI is InChI=1S/C19H14FN3O3/c1-25-19(24)11-6-7-14(20)12(8-11)9-21-18-17-16(22-10-23-18)13-4-2-3-5-15(13)26-17/h2-8,10H,9H2,1H3,(H,21,22,23). The zero-order chi connectivity index (χ0) is 18.1. The van der Waals surface area contributed by atoms with Crippen LogP contribution in [0.2, 0.25) is 0 Å². The Morgan fingerprint density at radius 1 is 1.23 bits per heavy atom. The molecule has 0 aliphatic carbocycles. The second kappa shape index (κ2) is 6.44. The highest BCUT2D eigenvalue weighted by Crippen LogP contribution is 2.30. The molecule has 0 atom stereocenters. The fourth-order valence-electron chi connectivity index (χ4n) is 2.78. The summed E-state index contributed by atoms with van der Waals surface area (Å²) in [5.41, 5.74) is 2.48. The van der Waals surface area contributed by atoms with Crippen LogP contribution in [0, 0.1) is 5.82 Å². The summed E-state index contributed by atoms with van der Waals surface area (Å²) in [5, 5.41) is 3.93. The molecule has 0 saturated carbocycles. The maximum Gasteiger partial charge on any atom is 0.337 e. The summed E-state index contributed by atoms with van der Waals surface area (Å²) in [6, 6.07) is 11.6. The highest BCUT2D eigenvalue weighted by Gasteiger charge is 2.14. The molecule has 26 heavy (non-hydrogen) atoms. The lowest BCUT2D eigenvalue weighted by Crippen LogP contribution is -2.07. The highest BCUT2D eigenvalue weighted by molar-refractivity contribution is 6.05. The number of rotatable bonds is 4. The summed E-state index contributed by atoms with van der Waals surface area (Å²) in [6.45, 7) is 0.125.